The van der Waals surface area contributed by atoms with Gasteiger partial charge in [0, 0.05) is 0 Å². The van der Waals surface area contributed by atoms with Gasteiger partial charge in [-0.1, -0.05) is 0 Å². The van der Waals surface area contributed by atoms with Gasteiger partial charge in [0.15, 0.2) is 0 Å². The molecule has 19 heavy (non-hydrogen) atoms. The van der Waals surface area contributed by atoms with E-state index < -0.39 is 44.5 Å². The van der Waals surface area contributed by atoms with Gasteiger partial charge in [-0.25, -0.2) is 16.8 Å². The summed E-state index contributed by atoms with van der Waals surface area (Å²) in [5.41, 5.74) is -13.4. The van der Waals surface area contributed by atoms with Gasteiger partial charge in [-0.05, 0) is 0 Å². The van der Waals surface area contributed by atoms with E-state index in [-0.39, 0.29) is 0 Å². The van der Waals surface area contributed by atoms with Crippen molar-refractivity contribution >= 4 is 30.4 Å². The van der Waals surface area contributed by atoms with E-state index >= 15 is 0 Å². The first-order valence-corrected chi connectivity index (χ1v) is 7.55. The first-order chi connectivity index (χ1) is 7.87. The maximum absolute atomic E-state index is 11.9. The van der Waals surface area contributed by atoms with Crippen LogP contribution >= 0.6 is 0 Å². The van der Waals surface area contributed by atoms with Crippen LogP contribution in [0.3, 0.4) is 0 Å². The maximum Gasteiger partial charge on any atom is 0.513 e. The normalized spacial score (nSPS) is 15.8. The Morgan fingerprint density at radius 3 is 1.00 bits per heavy atom. The van der Waals surface area contributed by atoms with E-state index in [0.717, 1.165) is 0 Å². The molecule has 8 nitrogen and oxygen atoms in total. The van der Waals surface area contributed by atoms with Crippen molar-refractivity contribution in [3.8, 4) is 0 Å². The van der Waals surface area contributed by atoms with Gasteiger partial charge in [0.05, 0.1) is 3.12 Å². The van der Waals surface area contributed by atoms with Crippen LogP contribution in [0.4, 0.5) is 26.3 Å². The topological polar surface area (TPSA) is 126 Å². The van der Waals surface area contributed by atoms with Gasteiger partial charge in [-0.2, -0.15) is 34.8 Å². The number of rotatable bonds is 3. The van der Waals surface area contributed by atoms with Gasteiger partial charge in [0.1, 0.15) is 0 Å². The fourth-order valence-corrected chi connectivity index (χ4v) is 4.92. The van der Waals surface area contributed by atoms with E-state index in [1.807, 2.05) is 0 Å². The molecular weight excluding hydrogens is 360 g/mol. The molecule has 0 spiro atoms. The lowest BCUT2D eigenvalue weighted by molar-refractivity contribution is -0.0509. The van der Waals surface area contributed by atoms with Gasteiger partial charge >= 0.3 is 41.4 Å². The first kappa shape index (κ1) is 18.4. The second-order valence-electron chi connectivity index (χ2n) is 2.51. The summed E-state index contributed by atoms with van der Waals surface area (Å²) in [7, 11) is -22.0. The molecule has 0 amide bonds. The highest BCUT2D eigenvalue weighted by molar-refractivity contribution is 8.16. The predicted octanol–water partition coefficient (Wildman–Crippen LogP) is -0.210. The van der Waals surface area contributed by atoms with E-state index in [1.165, 1.54) is 0 Å². The molecule has 0 aliphatic carbocycles. The molecule has 0 heterocycles. The molecule has 17 heteroatoms. The minimum Gasteiger partial charge on any atom is -0.272 e. The standard InChI is InChI=1S/C2HF6NO7S3/c3-1(4,5)17(10,11)9(19(14,15)16)18(12,13)2(6,7)8/h(H,14,15,16). The molecule has 1 N–H and O–H groups in total. The van der Waals surface area contributed by atoms with Gasteiger partial charge < -0.3 is 0 Å². The number of hydrogen-bond donors (Lipinski definition) is 1. The smallest absolute Gasteiger partial charge is 0.272 e. The van der Waals surface area contributed by atoms with Crippen molar-refractivity contribution < 1.29 is 56.1 Å². The minimum atomic E-state index is -7.55. The highest BCUT2D eigenvalue weighted by atomic mass is 32.3. The second-order valence-corrected chi connectivity index (χ2v) is 8.02. The lowest BCUT2D eigenvalue weighted by Gasteiger charge is -2.20. The summed E-state index contributed by atoms with van der Waals surface area (Å²) in [5.74, 6) is 0. The minimum absolute atomic E-state index is 3.05. The van der Waals surface area contributed by atoms with Crippen LogP contribution in [0, 0.1) is 0 Å². The summed E-state index contributed by atoms with van der Waals surface area (Å²) in [6.45, 7) is 0. The molecular formula is C2HF6NO7S3. The molecule has 0 aliphatic rings. The summed E-state index contributed by atoms with van der Waals surface area (Å²) in [5, 5.41) is 0. The molecule has 0 rings (SSSR count). The highest BCUT2D eigenvalue weighted by Crippen LogP contribution is 2.36. The average molecular weight is 361 g/mol. The van der Waals surface area contributed by atoms with Crippen molar-refractivity contribution in [1.29, 1.82) is 0 Å². The van der Waals surface area contributed by atoms with Crippen LogP contribution in [0.25, 0.3) is 0 Å². The Balaban J connectivity index is 6.59. The lowest BCUT2D eigenvalue weighted by Crippen LogP contribution is -2.51. The van der Waals surface area contributed by atoms with Crippen molar-refractivity contribution in [2.75, 3.05) is 0 Å². The predicted molar refractivity (Wildman–Crippen MR) is 43.3 cm³/mol. The number of halogens is 6. The molecule has 116 valence electrons. The van der Waals surface area contributed by atoms with E-state index in [2.05, 4.69) is 0 Å². The third-order valence-electron chi connectivity index (χ3n) is 1.17. The molecule has 0 radical (unpaired) electrons. The van der Waals surface area contributed by atoms with Gasteiger partial charge in [0.2, 0.25) is 0 Å². The zero-order valence-electron chi connectivity index (χ0n) is 7.84. The quantitative estimate of drug-likeness (QED) is 0.544. The van der Waals surface area contributed by atoms with E-state index in [4.69, 9.17) is 4.55 Å². The van der Waals surface area contributed by atoms with Crippen molar-refractivity contribution in [3.63, 3.8) is 0 Å². The average Bonchev–Trinajstić information content (AvgIpc) is 1.93. The third kappa shape index (κ3) is 3.27. The van der Waals surface area contributed by atoms with Gasteiger partial charge in [-0.15, -0.1) is 0 Å². The molecule has 0 bridgehead atoms. The van der Waals surface area contributed by atoms with Crippen LogP contribution in [-0.4, -0.2) is 43.9 Å². The molecule has 0 saturated heterocycles. The second kappa shape index (κ2) is 4.43. The summed E-state index contributed by atoms with van der Waals surface area (Å²) in [6.07, 6.45) is 0. The molecule has 0 saturated carbocycles. The Morgan fingerprint density at radius 1 is 0.684 bits per heavy atom. The monoisotopic (exact) mass is 361 g/mol. The molecule has 0 unspecified atom stereocenters. The maximum atomic E-state index is 11.9. The van der Waals surface area contributed by atoms with Crippen LogP contribution < -0.4 is 0 Å². The Morgan fingerprint density at radius 2 is 0.895 bits per heavy atom. The SMILES string of the molecule is O=S(=O)(O)N(S(=O)(=O)C(F)(F)F)S(=O)(=O)C(F)(F)F. The van der Waals surface area contributed by atoms with Gasteiger partial charge in [0.25, 0.3) is 0 Å². The van der Waals surface area contributed by atoms with Crippen LogP contribution in [0.15, 0.2) is 0 Å². The summed E-state index contributed by atoms with van der Waals surface area (Å²) < 4.78 is 139. The van der Waals surface area contributed by atoms with E-state index in [0.29, 0.717) is 0 Å². The zero-order chi connectivity index (χ0) is 16.1. The van der Waals surface area contributed by atoms with Crippen LogP contribution in [0.2, 0.25) is 0 Å². The van der Waals surface area contributed by atoms with E-state index in [9.17, 15) is 51.6 Å². The summed E-state index contributed by atoms with van der Waals surface area (Å²) in [6, 6.07) is 0. The largest absolute Gasteiger partial charge is 0.513 e. The van der Waals surface area contributed by atoms with E-state index in [1.54, 1.807) is 0 Å². The van der Waals surface area contributed by atoms with Crippen molar-refractivity contribution in [1.82, 2.24) is 3.12 Å². The summed E-state index contributed by atoms with van der Waals surface area (Å²) in [4.78, 5) is 0. The Kier molecular flexibility index (Phi) is 4.28. The van der Waals surface area contributed by atoms with Crippen molar-refractivity contribution in [3.05, 3.63) is 0 Å². The lowest BCUT2D eigenvalue weighted by atomic mass is 11.6. The van der Waals surface area contributed by atoms with Crippen molar-refractivity contribution in [2.24, 2.45) is 0 Å². The van der Waals surface area contributed by atoms with Crippen LogP contribution in [0.1, 0.15) is 0 Å². The van der Waals surface area contributed by atoms with Crippen LogP contribution in [0.5, 0.6) is 0 Å². The number of nitrogens with zero attached hydrogens (tertiary/aromatic N) is 1. The molecule has 0 atom stereocenters. The first-order valence-electron chi connectivity index (χ1n) is 3.27. The Labute approximate surface area is 101 Å². The third-order valence-corrected chi connectivity index (χ3v) is 6.98. The molecule has 0 aromatic heterocycles. The molecule has 0 aromatic carbocycles. The number of sulfonamides is 2. The summed E-state index contributed by atoms with van der Waals surface area (Å²) >= 11 is 0. The molecule has 0 fully saturated rings. The van der Waals surface area contributed by atoms with Gasteiger partial charge in [-0.3, -0.25) is 4.55 Å². The Bertz CT molecular complexity index is 607. The highest BCUT2D eigenvalue weighted by Gasteiger charge is 2.66. The number of hydrogen-bond acceptors (Lipinski definition) is 6. The Hall–Kier alpha value is -0.650. The number of alkyl halides is 6. The van der Waals surface area contributed by atoms with Crippen molar-refractivity contribution in [2.45, 2.75) is 11.0 Å². The fourth-order valence-electron chi connectivity index (χ4n) is 0.546. The van der Waals surface area contributed by atoms with Crippen LogP contribution in [-0.2, 0) is 30.4 Å². The fraction of sp³-hybridized carbons (Fsp3) is 1.00. The molecule has 0 aliphatic heterocycles. The zero-order valence-corrected chi connectivity index (χ0v) is 10.3. The molecule has 0 aromatic rings.